The monoisotopic (exact) mass is 267 g/mol. The Balaban J connectivity index is 1.81. The van der Waals surface area contributed by atoms with Crippen molar-refractivity contribution in [2.75, 3.05) is 18.8 Å². The molecule has 0 atom stereocenters. The van der Waals surface area contributed by atoms with E-state index in [0.29, 0.717) is 5.75 Å². The zero-order valence-electron chi connectivity index (χ0n) is 11.3. The highest BCUT2D eigenvalue weighted by Gasteiger charge is 2.20. The molecular weight excluding hydrogens is 246 g/mol. The van der Waals surface area contributed by atoms with E-state index in [1.165, 1.54) is 11.8 Å². The fraction of sp³-hybridized carbons (Fsp3) is 0.692. The number of thioether (sulfide) groups is 1. The molecule has 0 unspecified atom stereocenters. The predicted octanol–water partition coefficient (Wildman–Crippen LogP) is 2.38. The second kappa shape index (κ2) is 5.78. The number of likely N-dealkylation sites (tertiary alicyclic amines) is 1. The number of carbonyl (C=O) groups excluding carboxylic acids is 1. The number of carbonyl (C=O) groups is 1. The van der Waals surface area contributed by atoms with Gasteiger partial charge in [0.2, 0.25) is 5.91 Å². The molecule has 5 heteroatoms. The molecule has 4 nitrogen and oxygen atoms in total. The van der Waals surface area contributed by atoms with Crippen molar-refractivity contribution in [1.29, 1.82) is 0 Å². The van der Waals surface area contributed by atoms with Crippen molar-refractivity contribution in [2.24, 2.45) is 5.92 Å². The zero-order chi connectivity index (χ0) is 13.1. The second-order valence-corrected chi connectivity index (χ2v) is 6.07. The number of hydrogen-bond acceptors (Lipinski definition) is 3. The lowest BCUT2D eigenvalue weighted by molar-refractivity contribution is -0.129. The minimum Gasteiger partial charge on any atom is -0.342 e. The van der Waals surface area contributed by atoms with Crippen LogP contribution >= 0.6 is 11.8 Å². The number of nitrogens with one attached hydrogen (secondary N) is 1. The molecule has 1 aromatic rings. The molecule has 1 aromatic heterocycles. The third-order valence-electron chi connectivity index (χ3n) is 3.58. The van der Waals surface area contributed by atoms with E-state index < -0.39 is 0 Å². The summed E-state index contributed by atoms with van der Waals surface area (Å²) in [6.45, 7) is 8.06. The maximum atomic E-state index is 12.0. The van der Waals surface area contributed by atoms with Crippen LogP contribution in [0.3, 0.4) is 0 Å². The van der Waals surface area contributed by atoms with E-state index in [2.05, 4.69) is 16.9 Å². The van der Waals surface area contributed by atoms with Crippen molar-refractivity contribution in [3.63, 3.8) is 0 Å². The molecule has 2 rings (SSSR count). The lowest BCUT2D eigenvalue weighted by Gasteiger charge is -2.30. The van der Waals surface area contributed by atoms with Crippen molar-refractivity contribution < 1.29 is 4.79 Å². The number of amides is 1. The molecule has 1 aliphatic rings. The Bertz CT molecular complexity index is 402. The number of hydrogen-bond donors (Lipinski definition) is 1. The Morgan fingerprint density at radius 3 is 2.67 bits per heavy atom. The summed E-state index contributed by atoms with van der Waals surface area (Å²) in [7, 11) is 0. The summed E-state index contributed by atoms with van der Waals surface area (Å²) in [6, 6.07) is 0. The van der Waals surface area contributed by atoms with Gasteiger partial charge in [0.1, 0.15) is 0 Å². The van der Waals surface area contributed by atoms with Gasteiger partial charge in [-0.2, -0.15) is 0 Å². The summed E-state index contributed by atoms with van der Waals surface area (Å²) in [4.78, 5) is 21.6. The van der Waals surface area contributed by atoms with Gasteiger partial charge in [0.05, 0.1) is 11.4 Å². The molecular formula is C13H21N3OS. The van der Waals surface area contributed by atoms with Gasteiger partial charge in [0.25, 0.3) is 0 Å². The number of nitrogens with zero attached hydrogens (tertiary/aromatic N) is 2. The van der Waals surface area contributed by atoms with Gasteiger partial charge in [-0.25, -0.2) is 4.98 Å². The molecule has 18 heavy (non-hydrogen) atoms. The van der Waals surface area contributed by atoms with Gasteiger partial charge in [0.15, 0.2) is 5.16 Å². The normalized spacial score (nSPS) is 17.2. The van der Waals surface area contributed by atoms with Crippen LogP contribution in [-0.4, -0.2) is 39.6 Å². The molecule has 1 fully saturated rings. The summed E-state index contributed by atoms with van der Waals surface area (Å²) >= 11 is 1.50. The number of H-pyrrole nitrogens is 1. The highest BCUT2D eigenvalue weighted by atomic mass is 32.2. The molecule has 0 radical (unpaired) electrons. The molecule has 1 saturated heterocycles. The lowest BCUT2D eigenvalue weighted by Crippen LogP contribution is -2.38. The van der Waals surface area contributed by atoms with Gasteiger partial charge in [-0.15, -0.1) is 0 Å². The van der Waals surface area contributed by atoms with Crippen LogP contribution in [0.4, 0.5) is 0 Å². The Kier molecular flexibility index (Phi) is 4.32. The van der Waals surface area contributed by atoms with Crippen LogP contribution in [0.5, 0.6) is 0 Å². The van der Waals surface area contributed by atoms with Crippen molar-refractivity contribution in [2.45, 2.75) is 38.8 Å². The first kappa shape index (κ1) is 13.5. The van der Waals surface area contributed by atoms with Crippen LogP contribution in [0, 0.1) is 19.8 Å². The Morgan fingerprint density at radius 2 is 2.11 bits per heavy atom. The standard InChI is InChI=1S/C13H21N3OS/c1-9-4-6-16(7-5-9)12(17)8-18-13-14-10(2)11(3)15-13/h9H,4-8H2,1-3H3,(H,14,15). The molecule has 0 aliphatic carbocycles. The fourth-order valence-corrected chi connectivity index (χ4v) is 2.93. The van der Waals surface area contributed by atoms with E-state index >= 15 is 0 Å². The third-order valence-corrected chi connectivity index (χ3v) is 4.43. The maximum Gasteiger partial charge on any atom is 0.233 e. The molecule has 1 amide bonds. The SMILES string of the molecule is Cc1nc(SCC(=O)N2CCC(C)CC2)[nH]c1C. The van der Waals surface area contributed by atoms with Gasteiger partial charge in [-0.3, -0.25) is 4.79 Å². The molecule has 0 bridgehead atoms. The molecule has 100 valence electrons. The topological polar surface area (TPSA) is 49.0 Å². The second-order valence-electron chi connectivity index (χ2n) is 5.10. The van der Waals surface area contributed by atoms with E-state index in [1.807, 2.05) is 18.7 Å². The molecule has 2 heterocycles. The number of aromatic nitrogens is 2. The Hall–Kier alpha value is -0.970. The van der Waals surface area contributed by atoms with Crippen LogP contribution in [0.25, 0.3) is 0 Å². The number of piperidine rings is 1. The van der Waals surface area contributed by atoms with Gasteiger partial charge in [-0.1, -0.05) is 18.7 Å². The first-order valence-electron chi connectivity index (χ1n) is 6.50. The van der Waals surface area contributed by atoms with Gasteiger partial charge in [-0.05, 0) is 32.6 Å². The van der Waals surface area contributed by atoms with Crippen LogP contribution in [0.15, 0.2) is 5.16 Å². The van der Waals surface area contributed by atoms with Crippen LogP contribution < -0.4 is 0 Å². The minimum atomic E-state index is 0.235. The van der Waals surface area contributed by atoms with Crippen molar-refractivity contribution >= 4 is 17.7 Å². The zero-order valence-corrected chi connectivity index (χ0v) is 12.1. The predicted molar refractivity (Wildman–Crippen MR) is 73.8 cm³/mol. The van der Waals surface area contributed by atoms with Crippen LogP contribution in [0.1, 0.15) is 31.2 Å². The van der Waals surface area contributed by atoms with Gasteiger partial charge < -0.3 is 9.88 Å². The summed E-state index contributed by atoms with van der Waals surface area (Å²) in [5.41, 5.74) is 2.09. The number of rotatable bonds is 3. The molecule has 1 N–H and O–H groups in total. The van der Waals surface area contributed by atoms with E-state index in [0.717, 1.165) is 48.4 Å². The lowest BCUT2D eigenvalue weighted by atomic mass is 9.99. The average Bonchev–Trinajstić information content (AvgIpc) is 2.67. The minimum absolute atomic E-state index is 0.235. The van der Waals surface area contributed by atoms with E-state index in [1.54, 1.807) is 0 Å². The fourth-order valence-electron chi connectivity index (χ4n) is 2.06. The molecule has 1 aliphatic heterocycles. The third kappa shape index (κ3) is 3.28. The van der Waals surface area contributed by atoms with E-state index in [-0.39, 0.29) is 5.91 Å². The van der Waals surface area contributed by atoms with Crippen LogP contribution in [-0.2, 0) is 4.79 Å². The van der Waals surface area contributed by atoms with Crippen molar-refractivity contribution in [3.8, 4) is 0 Å². The van der Waals surface area contributed by atoms with Crippen molar-refractivity contribution in [1.82, 2.24) is 14.9 Å². The number of imidazole rings is 1. The number of aryl methyl sites for hydroxylation is 2. The molecule has 0 aromatic carbocycles. The van der Waals surface area contributed by atoms with E-state index in [4.69, 9.17) is 0 Å². The van der Waals surface area contributed by atoms with E-state index in [9.17, 15) is 4.79 Å². The largest absolute Gasteiger partial charge is 0.342 e. The molecule has 0 saturated carbocycles. The number of aromatic amines is 1. The van der Waals surface area contributed by atoms with Crippen LogP contribution in [0.2, 0.25) is 0 Å². The molecule has 0 spiro atoms. The highest BCUT2D eigenvalue weighted by Crippen LogP contribution is 2.20. The summed E-state index contributed by atoms with van der Waals surface area (Å²) in [5.74, 6) is 1.48. The highest BCUT2D eigenvalue weighted by molar-refractivity contribution is 7.99. The maximum absolute atomic E-state index is 12.0. The Labute approximate surface area is 113 Å². The van der Waals surface area contributed by atoms with Gasteiger partial charge >= 0.3 is 0 Å². The first-order chi connectivity index (χ1) is 8.56. The summed E-state index contributed by atoms with van der Waals surface area (Å²) in [5, 5.41) is 0.851. The quantitative estimate of drug-likeness (QED) is 0.855. The smallest absolute Gasteiger partial charge is 0.233 e. The first-order valence-corrected chi connectivity index (χ1v) is 7.48. The Morgan fingerprint density at radius 1 is 1.44 bits per heavy atom. The summed E-state index contributed by atoms with van der Waals surface area (Å²) in [6.07, 6.45) is 2.27. The average molecular weight is 267 g/mol. The van der Waals surface area contributed by atoms with Gasteiger partial charge in [0, 0.05) is 18.8 Å². The summed E-state index contributed by atoms with van der Waals surface area (Å²) < 4.78 is 0. The van der Waals surface area contributed by atoms with Crippen molar-refractivity contribution in [3.05, 3.63) is 11.4 Å².